The van der Waals surface area contributed by atoms with E-state index in [2.05, 4.69) is 0 Å². The van der Waals surface area contributed by atoms with Gasteiger partial charge in [-0.05, 0) is 43.4 Å². The molecule has 0 amide bonds. The molecule has 0 atom stereocenters. The number of hydrogen-bond donors (Lipinski definition) is 1. The standard InChI is InChI=1S/C13H19NO2/c14-8-7-12-3-1-2-4-13(12)16-10-15-9-11-5-6-11/h1-4,11H,5-10,14H2. The van der Waals surface area contributed by atoms with E-state index in [9.17, 15) is 0 Å². The average molecular weight is 221 g/mol. The van der Waals surface area contributed by atoms with Gasteiger partial charge in [-0.2, -0.15) is 0 Å². The molecule has 0 saturated heterocycles. The van der Waals surface area contributed by atoms with Crippen LogP contribution in [-0.4, -0.2) is 19.9 Å². The molecule has 3 nitrogen and oxygen atoms in total. The Morgan fingerprint density at radius 2 is 2.06 bits per heavy atom. The molecule has 0 radical (unpaired) electrons. The molecular weight excluding hydrogens is 202 g/mol. The molecule has 1 aromatic rings. The highest BCUT2D eigenvalue weighted by Crippen LogP contribution is 2.28. The van der Waals surface area contributed by atoms with Crippen LogP contribution in [0.1, 0.15) is 18.4 Å². The lowest BCUT2D eigenvalue weighted by Crippen LogP contribution is -2.08. The Hall–Kier alpha value is -1.06. The maximum Gasteiger partial charge on any atom is 0.189 e. The van der Waals surface area contributed by atoms with Crippen molar-refractivity contribution >= 4 is 0 Å². The fourth-order valence-electron chi connectivity index (χ4n) is 1.61. The Morgan fingerprint density at radius 3 is 2.81 bits per heavy atom. The summed E-state index contributed by atoms with van der Waals surface area (Å²) in [7, 11) is 0. The lowest BCUT2D eigenvalue weighted by atomic mass is 10.1. The van der Waals surface area contributed by atoms with Crippen molar-refractivity contribution in [1.29, 1.82) is 0 Å². The van der Waals surface area contributed by atoms with Crippen molar-refractivity contribution in [2.75, 3.05) is 19.9 Å². The van der Waals surface area contributed by atoms with Gasteiger partial charge in [-0.1, -0.05) is 18.2 Å². The zero-order chi connectivity index (χ0) is 11.2. The fourth-order valence-corrected chi connectivity index (χ4v) is 1.61. The number of benzene rings is 1. The Labute approximate surface area is 96.5 Å². The smallest absolute Gasteiger partial charge is 0.189 e. The lowest BCUT2D eigenvalue weighted by Gasteiger charge is -2.10. The molecule has 0 heterocycles. The van der Waals surface area contributed by atoms with Crippen LogP contribution in [-0.2, 0) is 11.2 Å². The summed E-state index contributed by atoms with van der Waals surface area (Å²) in [6.07, 6.45) is 3.46. The first-order chi connectivity index (χ1) is 7.90. The molecular formula is C13H19NO2. The third-order valence-electron chi connectivity index (χ3n) is 2.73. The van der Waals surface area contributed by atoms with E-state index in [1.165, 1.54) is 12.8 Å². The van der Waals surface area contributed by atoms with Gasteiger partial charge in [0.05, 0.1) is 6.61 Å². The van der Waals surface area contributed by atoms with Crippen LogP contribution in [0.3, 0.4) is 0 Å². The number of ether oxygens (including phenoxy) is 2. The van der Waals surface area contributed by atoms with Gasteiger partial charge in [0.1, 0.15) is 5.75 Å². The summed E-state index contributed by atoms with van der Waals surface area (Å²) in [4.78, 5) is 0. The lowest BCUT2D eigenvalue weighted by molar-refractivity contribution is 0.00948. The van der Waals surface area contributed by atoms with Crippen LogP contribution in [0, 0.1) is 5.92 Å². The van der Waals surface area contributed by atoms with Crippen LogP contribution in [0.2, 0.25) is 0 Å². The van der Waals surface area contributed by atoms with Gasteiger partial charge in [0.15, 0.2) is 6.79 Å². The zero-order valence-electron chi connectivity index (χ0n) is 9.52. The van der Waals surface area contributed by atoms with Crippen molar-refractivity contribution in [2.45, 2.75) is 19.3 Å². The first-order valence-electron chi connectivity index (χ1n) is 5.88. The van der Waals surface area contributed by atoms with Crippen LogP contribution in [0.5, 0.6) is 5.75 Å². The molecule has 1 aliphatic rings. The van der Waals surface area contributed by atoms with E-state index in [0.29, 0.717) is 13.3 Å². The Bertz CT molecular complexity index is 323. The third-order valence-corrected chi connectivity index (χ3v) is 2.73. The minimum atomic E-state index is 0.345. The summed E-state index contributed by atoms with van der Waals surface area (Å²) in [5.41, 5.74) is 6.70. The molecule has 0 bridgehead atoms. The van der Waals surface area contributed by atoms with Crippen LogP contribution >= 0.6 is 0 Å². The first-order valence-corrected chi connectivity index (χ1v) is 5.88. The highest BCUT2D eigenvalue weighted by Gasteiger charge is 2.21. The average Bonchev–Trinajstić information content (AvgIpc) is 3.11. The number of para-hydroxylation sites is 1. The van der Waals surface area contributed by atoms with E-state index in [1.807, 2.05) is 24.3 Å². The van der Waals surface area contributed by atoms with Crippen LogP contribution in [0.25, 0.3) is 0 Å². The van der Waals surface area contributed by atoms with E-state index in [0.717, 1.165) is 30.3 Å². The Morgan fingerprint density at radius 1 is 1.25 bits per heavy atom. The molecule has 1 aliphatic carbocycles. The molecule has 3 heteroatoms. The van der Waals surface area contributed by atoms with Crippen molar-refractivity contribution in [3.8, 4) is 5.75 Å². The summed E-state index contributed by atoms with van der Waals surface area (Å²) >= 11 is 0. The first kappa shape index (κ1) is 11.4. The molecule has 2 N–H and O–H groups in total. The molecule has 1 saturated carbocycles. The molecule has 2 rings (SSSR count). The molecule has 0 spiro atoms. The second-order valence-electron chi connectivity index (χ2n) is 4.22. The van der Waals surface area contributed by atoms with Crippen LogP contribution in [0.4, 0.5) is 0 Å². The molecule has 16 heavy (non-hydrogen) atoms. The predicted molar refractivity (Wildman–Crippen MR) is 63.4 cm³/mol. The van der Waals surface area contributed by atoms with Crippen molar-refractivity contribution < 1.29 is 9.47 Å². The molecule has 0 aliphatic heterocycles. The largest absolute Gasteiger partial charge is 0.467 e. The number of hydrogen-bond acceptors (Lipinski definition) is 3. The van der Waals surface area contributed by atoms with E-state index in [4.69, 9.17) is 15.2 Å². The second-order valence-corrected chi connectivity index (χ2v) is 4.22. The summed E-state index contributed by atoms with van der Waals surface area (Å²) in [5, 5.41) is 0. The zero-order valence-corrected chi connectivity index (χ0v) is 9.52. The molecule has 1 aromatic carbocycles. The molecule has 1 fully saturated rings. The summed E-state index contributed by atoms with van der Waals surface area (Å²) < 4.78 is 11.0. The van der Waals surface area contributed by atoms with Gasteiger partial charge in [0.25, 0.3) is 0 Å². The summed E-state index contributed by atoms with van der Waals surface area (Å²) in [5.74, 6) is 1.67. The van der Waals surface area contributed by atoms with Gasteiger partial charge < -0.3 is 15.2 Å². The molecule has 88 valence electrons. The SMILES string of the molecule is NCCc1ccccc1OCOCC1CC1. The summed E-state index contributed by atoms with van der Waals surface area (Å²) in [6, 6.07) is 7.98. The van der Waals surface area contributed by atoms with Gasteiger partial charge in [0, 0.05) is 0 Å². The van der Waals surface area contributed by atoms with Gasteiger partial charge >= 0.3 is 0 Å². The summed E-state index contributed by atoms with van der Waals surface area (Å²) in [6.45, 7) is 1.82. The van der Waals surface area contributed by atoms with E-state index in [-0.39, 0.29) is 0 Å². The minimum absolute atomic E-state index is 0.345. The van der Waals surface area contributed by atoms with E-state index < -0.39 is 0 Å². The van der Waals surface area contributed by atoms with Crippen molar-refractivity contribution in [3.05, 3.63) is 29.8 Å². The Balaban J connectivity index is 1.77. The van der Waals surface area contributed by atoms with Gasteiger partial charge in [-0.3, -0.25) is 0 Å². The van der Waals surface area contributed by atoms with Crippen molar-refractivity contribution in [3.63, 3.8) is 0 Å². The molecule has 0 aromatic heterocycles. The Kier molecular flexibility index (Phi) is 4.19. The maximum absolute atomic E-state index is 5.59. The number of nitrogens with two attached hydrogens (primary N) is 1. The van der Waals surface area contributed by atoms with Crippen LogP contribution in [0.15, 0.2) is 24.3 Å². The van der Waals surface area contributed by atoms with Gasteiger partial charge in [-0.25, -0.2) is 0 Å². The maximum atomic E-state index is 5.59. The minimum Gasteiger partial charge on any atom is -0.467 e. The third kappa shape index (κ3) is 3.51. The highest BCUT2D eigenvalue weighted by molar-refractivity contribution is 5.33. The quantitative estimate of drug-likeness (QED) is 0.565. The predicted octanol–water partition coefficient (Wildman–Crippen LogP) is 1.95. The van der Waals surface area contributed by atoms with Gasteiger partial charge in [-0.15, -0.1) is 0 Å². The second kappa shape index (κ2) is 5.87. The fraction of sp³-hybridized carbons (Fsp3) is 0.538. The van der Waals surface area contributed by atoms with Crippen LogP contribution < -0.4 is 10.5 Å². The highest BCUT2D eigenvalue weighted by atomic mass is 16.7. The van der Waals surface area contributed by atoms with Crippen molar-refractivity contribution in [2.24, 2.45) is 11.7 Å². The van der Waals surface area contributed by atoms with Gasteiger partial charge in [0.2, 0.25) is 0 Å². The number of rotatable bonds is 7. The monoisotopic (exact) mass is 221 g/mol. The topological polar surface area (TPSA) is 44.5 Å². The normalized spacial score (nSPS) is 15.1. The molecule has 0 unspecified atom stereocenters. The van der Waals surface area contributed by atoms with E-state index >= 15 is 0 Å². The van der Waals surface area contributed by atoms with E-state index in [1.54, 1.807) is 0 Å². The van der Waals surface area contributed by atoms with Crippen molar-refractivity contribution in [1.82, 2.24) is 0 Å².